The Morgan fingerprint density at radius 3 is 2.43 bits per heavy atom. The number of carbonyl (C=O) groups is 1. The van der Waals surface area contributed by atoms with Crippen molar-refractivity contribution in [2.45, 2.75) is 12.3 Å². The number of aliphatic hydroxyl groups excluding tert-OH is 1. The molecule has 0 aromatic heterocycles. The first kappa shape index (κ1) is 21.4. The maximum atomic E-state index is 12.5. The van der Waals surface area contributed by atoms with E-state index in [9.17, 15) is 23.1 Å². The first-order valence-electron chi connectivity index (χ1n) is 8.34. The summed E-state index contributed by atoms with van der Waals surface area (Å²) in [5.74, 6) is 0.684. The van der Waals surface area contributed by atoms with Crippen LogP contribution >= 0.6 is 0 Å². The van der Waals surface area contributed by atoms with Gasteiger partial charge in [-0.2, -0.15) is 13.2 Å². The normalized spacial score (nSPS) is 12.2. The van der Waals surface area contributed by atoms with Gasteiger partial charge in [-0.1, -0.05) is 12.1 Å². The maximum absolute atomic E-state index is 12.5. The third-order valence-electron chi connectivity index (χ3n) is 3.80. The van der Waals surface area contributed by atoms with Crippen LogP contribution in [0.5, 0.6) is 11.5 Å². The van der Waals surface area contributed by atoms with E-state index in [1.54, 1.807) is 24.3 Å². The molecule has 1 atom stereocenters. The maximum Gasteiger partial charge on any atom is 0.416 e. The minimum Gasteiger partial charge on any atom is -0.495 e. The van der Waals surface area contributed by atoms with Gasteiger partial charge < -0.3 is 24.8 Å². The number of nitrogens with one attached hydrogen (secondary N) is 1. The number of halogens is 3. The summed E-state index contributed by atoms with van der Waals surface area (Å²) >= 11 is 0. The number of carbonyl (C=O) groups excluding carboxylic acids is 1. The van der Waals surface area contributed by atoms with Crippen molar-refractivity contribution in [3.05, 3.63) is 54.1 Å². The molecule has 0 saturated carbocycles. The zero-order valence-corrected chi connectivity index (χ0v) is 15.4. The Kier molecular flexibility index (Phi) is 7.11. The fraction of sp³-hybridized carbons (Fsp3) is 0.316. The molecule has 28 heavy (non-hydrogen) atoms. The molecule has 2 aromatic carbocycles. The average Bonchev–Trinajstić information content (AvgIpc) is 2.66. The number of aliphatic hydroxyl groups is 1. The highest BCUT2D eigenvalue weighted by molar-refractivity contribution is 5.90. The molecule has 2 N–H and O–H groups in total. The lowest BCUT2D eigenvalue weighted by atomic mass is 10.2. The van der Waals surface area contributed by atoms with E-state index in [2.05, 4.69) is 5.32 Å². The molecule has 0 fully saturated rings. The summed E-state index contributed by atoms with van der Waals surface area (Å²) in [6.07, 6.45) is -5.45. The third-order valence-corrected chi connectivity index (χ3v) is 3.80. The van der Waals surface area contributed by atoms with E-state index in [1.807, 2.05) is 0 Å². The Hall–Kier alpha value is -2.94. The summed E-state index contributed by atoms with van der Waals surface area (Å²) in [6.45, 7) is -0.223. The molecular weight excluding hydrogens is 377 g/mol. The monoisotopic (exact) mass is 398 g/mol. The summed E-state index contributed by atoms with van der Waals surface area (Å²) in [5, 5.41) is 12.7. The average molecular weight is 398 g/mol. The Balaban J connectivity index is 1.83. The third kappa shape index (κ3) is 6.05. The van der Waals surface area contributed by atoms with Crippen LogP contribution in [0.15, 0.2) is 48.5 Å². The van der Waals surface area contributed by atoms with Gasteiger partial charge in [-0.25, -0.2) is 4.79 Å². The van der Waals surface area contributed by atoms with E-state index in [0.717, 1.165) is 12.1 Å². The highest BCUT2D eigenvalue weighted by Crippen LogP contribution is 2.30. The van der Waals surface area contributed by atoms with E-state index in [-0.39, 0.29) is 18.9 Å². The number of methoxy groups -OCH3 is 1. The molecule has 0 spiro atoms. The molecular formula is C19H21F3N2O4. The van der Waals surface area contributed by atoms with E-state index >= 15 is 0 Å². The number of nitrogens with zero attached hydrogens (tertiary/aromatic N) is 1. The van der Waals surface area contributed by atoms with Gasteiger partial charge in [0.25, 0.3) is 0 Å². The van der Waals surface area contributed by atoms with Crippen molar-refractivity contribution in [2.75, 3.05) is 32.6 Å². The van der Waals surface area contributed by atoms with Crippen LogP contribution in [0, 0.1) is 0 Å². The Bertz CT molecular complexity index is 781. The van der Waals surface area contributed by atoms with Crippen molar-refractivity contribution in [1.82, 2.24) is 4.90 Å². The number of hydrogen-bond acceptors (Lipinski definition) is 4. The number of amides is 2. The number of ether oxygens (including phenoxy) is 2. The molecule has 0 aliphatic carbocycles. The second-order valence-corrected chi connectivity index (χ2v) is 6.00. The molecule has 152 valence electrons. The Labute approximate surface area is 160 Å². The zero-order chi connectivity index (χ0) is 20.7. The molecule has 9 heteroatoms. The number of rotatable bonds is 7. The van der Waals surface area contributed by atoms with Crippen molar-refractivity contribution in [3.63, 3.8) is 0 Å². The number of urea groups is 1. The predicted molar refractivity (Wildman–Crippen MR) is 97.6 cm³/mol. The van der Waals surface area contributed by atoms with Gasteiger partial charge in [-0.05, 0) is 36.4 Å². The highest BCUT2D eigenvalue weighted by atomic mass is 19.4. The van der Waals surface area contributed by atoms with Gasteiger partial charge in [0.2, 0.25) is 0 Å². The molecule has 0 unspecified atom stereocenters. The molecule has 0 saturated heterocycles. The van der Waals surface area contributed by atoms with Crippen LogP contribution < -0.4 is 14.8 Å². The van der Waals surface area contributed by atoms with Gasteiger partial charge in [-0.15, -0.1) is 0 Å². The number of alkyl halides is 3. The minimum absolute atomic E-state index is 0.0401. The molecule has 2 rings (SSSR count). The number of hydrogen-bond donors (Lipinski definition) is 2. The number of anilines is 1. The first-order chi connectivity index (χ1) is 13.2. The van der Waals surface area contributed by atoms with Crippen molar-refractivity contribution in [1.29, 1.82) is 0 Å². The summed E-state index contributed by atoms with van der Waals surface area (Å²) in [7, 11) is 2.98. The van der Waals surface area contributed by atoms with E-state index in [4.69, 9.17) is 9.47 Å². The topological polar surface area (TPSA) is 71.0 Å². The van der Waals surface area contributed by atoms with Crippen LogP contribution in [0.4, 0.5) is 23.7 Å². The number of likely N-dealkylation sites (N-methyl/N-ethyl adjacent to an activating group) is 1. The summed E-state index contributed by atoms with van der Waals surface area (Å²) in [6, 6.07) is 10.6. The Morgan fingerprint density at radius 1 is 1.18 bits per heavy atom. The summed E-state index contributed by atoms with van der Waals surface area (Å²) < 4.78 is 48.0. The smallest absolute Gasteiger partial charge is 0.416 e. The fourth-order valence-electron chi connectivity index (χ4n) is 2.34. The fourth-order valence-corrected chi connectivity index (χ4v) is 2.34. The van der Waals surface area contributed by atoms with Crippen molar-refractivity contribution >= 4 is 11.7 Å². The lowest BCUT2D eigenvalue weighted by Crippen LogP contribution is -2.39. The van der Waals surface area contributed by atoms with Crippen molar-refractivity contribution in [2.24, 2.45) is 0 Å². The molecule has 0 aliphatic heterocycles. The molecule has 0 aliphatic rings. The highest BCUT2D eigenvalue weighted by Gasteiger charge is 2.30. The second kappa shape index (κ2) is 9.32. The first-order valence-corrected chi connectivity index (χ1v) is 8.34. The van der Waals surface area contributed by atoms with Gasteiger partial charge in [0, 0.05) is 7.05 Å². The molecule has 2 amide bonds. The molecule has 0 heterocycles. The SMILES string of the molecule is COc1ccccc1NC(=O)N(C)C[C@H](O)COc1ccc(C(F)(F)F)cc1. The number of benzene rings is 2. The largest absolute Gasteiger partial charge is 0.495 e. The van der Waals surface area contributed by atoms with E-state index in [0.29, 0.717) is 11.4 Å². The standard InChI is InChI=1S/C19H21F3N2O4/c1-24(18(26)23-16-5-3-4-6-17(16)27-2)11-14(25)12-28-15-9-7-13(8-10-15)19(20,21)22/h3-10,14,25H,11-12H2,1-2H3,(H,23,26)/t14-/m0/s1. The molecule has 0 radical (unpaired) electrons. The van der Waals surface area contributed by atoms with Gasteiger partial charge in [0.15, 0.2) is 0 Å². The van der Waals surface area contributed by atoms with E-state index in [1.165, 1.54) is 31.2 Å². The lowest BCUT2D eigenvalue weighted by molar-refractivity contribution is -0.137. The van der Waals surface area contributed by atoms with Crippen LogP contribution in [0.3, 0.4) is 0 Å². The second-order valence-electron chi connectivity index (χ2n) is 6.00. The van der Waals surface area contributed by atoms with Crippen LogP contribution in [-0.4, -0.2) is 49.5 Å². The number of para-hydroxylation sites is 2. The van der Waals surface area contributed by atoms with E-state index < -0.39 is 23.9 Å². The Morgan fingerprint density at radius 2 is 1.82 bits per heavy atom. The molecule has 6 nitrogen and oxygen atoms in total. The lowest BCUT2D eigenvalue weighted by Gasteiger charge is -2.22. The minimum atomic E-state index is -4.42. The van der Waals surface area contributed by atoms with Gasteiger partial charge in [0.05, 0.1) is 24.9 Å². The predicted octanol–water partition coefficient (Wildman–Crippen LogP) is 3.62. The van der Waals surface area contributed by atoms with Crippen LogP contribution in [0.1, 0.15) is 5.56 Å². The summed E-state index contributed by atoms with van der Waals surface area (Å²) in [4.78, 5) is 13.5. The zero-order valence-electron chi connectivity index (χ0n) is 15.4. The van der Waals surface area contributed by atoms with Crippen molar-refractivity contribution < 1.29 is 32.5 Å². The van der Waals surface area contributed by atoms with Crippen LogP contribution in [-0.2, 0) is 6.18 Å². The quantitative estimate of drug-likeness (QED) is 0.748. The van der Waals surface area contributed by atoms with Gasteiger partial charge in [-0.3, -0.25) is 0 Å². The van der Waals surface area contributed by atoms with Crippen LogP contribution in [0.2, 0.25) is 0 Å². The molecule has 0 bridgehead atoms. The van der Waals surface area contributed by atoms with Gasteiger partial charge >= 0.3 is 12.2 Å². The van der Waals surface area contributed by atoms with Gasteiger partial charge in [0.1, 0.15) is 24.2 Å². The molecule has 2 aromatic rings. The van der Waals surface area contributed by atoms with Crippen LogP contribution in [0.25, 0.3) is 0 Å². The summed E-state index contributed by atoms with van der Waals surface area (Å²) in [5.41, 5.74) is -0.300. The van der Waals surface area contributed by atoms with Crippen molar-refractivity contribution in [3.8, 4) is 11.5 Å².